The number of nitrogens with one attached hydrogen (secondary N) is 1. The van der Waals surface area contributed by atoms with Gasteiger partial charge in [-0.2, -0.15) is 0 Å². The molecule has 0 aliphatic carbocycles. The monoisotopic (exact) mass is 482 g/mol. The summed E-state index contributed by atoms with van der Waals surface area (Å²) >= 11 is 6.33. The number of piperidine rings is 1. The molecule has 0 radical (unpaired) electrons. The molecule has 1 heterocycles. The Labute approximate surface area is 200 Å². The van der Waals surface area contributed by atoms with Crippen molar-refractivity contribution in [2.24, 2.45) is 5.92 Å². The number of amides is 1. The summed E-state index contributed by atoms with van der Waals surface area (Å²) in [6.45, 7) is 3.21. The van der Waals surface area contributed by atoms with Crippen LogP contribution in [0.4, 0.5) is 5.69 Å². The third-order valence-corrected chi connectivity index (χ3v) is 7.78. The van der Waals surface area contributed by atoms with Gasteiger partial charge in [0.15, 0.2) is 0 Å². The molecule has 3 aromatic carbocycles. The molecule has 4 rings (SSSR count). The number of carbonyl (C=O) groups is 1. The van der Waals surface area contributed by atoms with Crippen LogP contribution in [-0.2, 0) is 16.4 Å². The van der Waals surface area contributed by atoms with Crippen molar-refractivity contribution in [2.75, 3.05) is 17.8 Å². The van der Waals surface area contributed by atoms with Crippen LogP contribution in [-0.4, -0.2) is 32.3 Å². The molecule has 1 aliphatic rings. The first kappa shape index (κ1) is 23.3. The molecule has 0 spiro atoms. The minimum absolute atomic E-state index is 0.163. The van der Waals surface area contributed by atoms with Gasteiger partial charge in [-0.05, 0) is 68.0 Å². The summed E-state index contributed by atoms with van der Waals surface area (Å²) in [5.41, 5.74) is 2.91. The quantitative estimate of drug-likeness (QED) is 0.501. The maximum absolute atomic E-state index is 13.2. The molecule has 7 heteroatoms. The first-order valence-corrected chi connectivity index (χ1v) is 12.9. The Morgan fingerprint density at radius 1 is 1.00 bits per heavy atom. The Bertz CT molecular complexity index is 1220. The zero-order valence-electron chi connectivity index (χ0n) is 18.5. The van der Waals surface area contributed by atoms with Crippen molar-refractivity contribution in [1.29, 1.82) is 0 Å². The highest BCUT2D eigenvalue weighted by Gasteiger charge is 2.25. The van der Waals surface area contributed by atoms with Crippen molar-refractivity contribution in [1.82, 2.24) is 4.90 Å². The standard InChI is InChI=1S/C26H27ClN2O3S/c1-19-7-10-23(11-8-19)33(31,32)28-22-9-12-25(27)24(18-22)26(30)29-15-13-21(14-16-29)17-20-5-3-2-4-6-20/h2-12,18,21,28H,13-17H2,1H3. The van der Waals surface area contributed by atoms with Crippen LogP contribution in [0.2, 0.25) is 5.02 Å². The lowest BCUT2D eigenvalue weighted by Gasteiger charge is -2.32. The van der Waals surface area contributed by atoms with E-state index in [4.69, 9.17) is 11.6 Å². The fourth-order valence-corrected chi connectivity index (χ4v) is 5.39. The number of aryl methyl sites for hydroxylation is 1. The van der Waals surface area contributed by atoms with Crippen LogP contribution in [0, 0.1) is 12.8 Å². The molecule has 1 saturated heterocycles. The lowest BCUT2D eigenvalue weighted by atomic mass is 9.90. The van der Waals surface area contributed by atoms with E-state index in [9.17, 15) is 13.2 Å². The molecule has 1 N–H and O–H groups in total. The van der Waals surface area contributed by atoms with Gasteiger partial charge in [-0.25, -0.2) is 8.42 Å². The van der Waals surface area contributed by atoms with E-state index < -0.39 is 10.0 Å². The van der Waals surface area contributed by atoms with Crippen LogP contribution < -0.4 is 4.72 Å². The first-order valence-electron chi connectivity index (χ1n) is 11.0. The molecule has 0 atom stereocenters. The molecule has 1 amide bonds. The van der Waals surface area contributed by atoms with E-state index in [0.29, 0.717) is 35.3 Å². The molecule has 5 nitrogen and oxygen atoms in total. The zero-order valence-corrected chi connectivity index (χ0v) is 20.1. The van der Waals surface area contributed by atoms with Gasteiger partial charge in [-0.15, -0.1) is 0 Å². The molecule has 0 saturated carbocycles. The number of nitrogens with zero attached hydrogens (tertiary/aromatic N) is 1. The van der Waals surface area contributed by atoms with Crippen molar-refractivity contribution >= 4 is 33.2 Å². The van der Waals surface area contributed by atoms with Crippen LogP contribution in [0.3, 0.4) is 0 Å². The number of hydrogen-bond donors (Lipinski definition) is 1. The van der Waals surface area contributed by atoms with Gasteiger partial charge in [-0.3, -0.25) is 9.52 Å². The number of sulfonamides is 1. The highest BCUT2D eigenvalue weighted by Crippen LogP contribution is 2.27. The Morgan fingerprint density at radius 3 is 2.33 bits per heavy atom. The van der Waals surface area contributed by atoms with E-state index in [0.717, 1.165) is 24.8 Å². The molecule has 3 aromatic rings. The van der Waals surface area contributed by atoms with Gasteiger partial charge in [0.2, 0.25) is 0 Å². The predicted octanol–water partition coefficient (Wildman–Crippen LogP) is 5.54. The summed E-state index contributed by atoms with van der Waals surface area (Å²) in [6.07, 6.45) is 2.87. The number of carbonyl (C=O) groups excluding carboxylic acids is 1. The SMILES string of the molecule is Cc1ccc(S(=O)(=O)Nc2ccc(Cl)c(C(=O)N3CCC(Cc4ccccc4)CC3)c2)cc1. The van der Waals surface area contributed by atoms with E-state index in [1.807, 2.05) is 13.0 Å². The summed E-state index contributed by atoms with van der Waals surface area (Å²) in [4.78, 5) is 15.1. The molecule has 0 unspecified atom stereocenters. The summed E-state index contributed by atoms with van der Waals surface area (Å²) in [7, 11) is -3.77. The number of likely N-dealkylation sites (tertiary alicyclic amines) is 1. The summed E-state index contributed by atoms with van der Waals surface area (Å²) < 4.78 is 28.0. The Kier molecular flexibility index (Phi) is 7.05. The molecule has 1 fully saturated rings. The molecule has 0 bridgehead atoms. The summed E-state index contributed by atoms with van der Waals surface area (Å²) in [5.74, 6) is 0.370. The van der Waals surface area contributed by atoms with E-state index in [-0.39, 0.29) is 10.8 Å². The van der Waals surface area contributed by atoms with Gasteiger partial charge >= 0.3 is 0 Å². The molecule has 172 valence electrons. The average Bonchev–Trinajstić information content (AvgIpc) is 2.81. The van der Waals surface area contributed by atoms with Crippen LogP contribution in [0.15, 0.2) is 77.7 Å². The third-order valence-electron chi connectivity index (χ3n) is 6.05. The lowest BCUT2D eigenvalue weighted by molar-refractivity contribution is 0.0691. The third kappa shape index (κ3) is 5.75. The van der Waals surface area contributed by atoms with Crippen LogP contribution in [0.25, 0.3) is 0 Å². The molecule has 0 aromatic heterocycles. The van der Waals surface area contributed by atoms with E-state index >= 15 is 0 Å². The number of halogens is 1. The van der Waals surface area contributed by atoms with Crippen molar-refractivity contribution in [3.63, 3.8) is 0 Å². The highest BCUT2D eigenvalue weighted by molar-refractivity contribution is 7.92. The highest BCUT2D eigenvalue weighted by atomic mass is 35.5. The Balaban J connectivity index is 1.43. The maximum Gasteiger partial charge on any atom is 0.261 e. The van der Waals surface area contributed by atoms with Gasteiger partial charge in [-0.1, -0.05) is 59.6 Å². The van der Waals surface area contributed by atoms with Gasteiger partial charge in [0.25, 0.3) is 15.9 Å². The van der Waals surface area contributed by atoms with Gasteiger partial charge in [0.1, 0.15) is 0 Å². The average molecular weight is 483 g/mol. The normalized spacial score (nSPS) is 14.8. The van der Waals surface area contributed by atoms with Gasteiger partial charge in [0.05, 0.1) is 15.5 Å². The van der Waals surface area contributed by atoms with Crippen LogP contribution >= 0.6 is 11.6 Å². The number of rotatable bonds is 6. The van der Waals surface area contributed by atoms with E-state index in [1.165, 1.54) is 11.6 Å². The fraction of sp³-hybridized carbons (Fsp3) is 0.269. The second kappa shape index (κ2) is 9.98. The topological polar surface area (TPSA) is 66.5 Å². The van der Waals surface area contributed by atoms with Gasteiger partial charge < -0.3 is 4.90 Å². The minimum atomic E-state index is -3.77. The minimum Gasteiger partial charge on any atom is -0.339 e. The van der Waals surface area contributed by atoms with Crippen molar-refractivity contribution in [2.45, 2.75) is 31.1 Å². The van der Waals surface area contributed by atoms with Crippen molar-refractivity contribution in [3.05, 3.63) is 94.5 Å². The number of benzene rings is 3. The second-order valence-electron chi connectivity index (χ2n) is 8.54. The Morgan fingerprint density at radius 2 is 1.67 bits per heavy atom. The van der Waals surface area contributed by atoms with Crippen molar-refractivity contribution in [3.8, 4) is 0 Å². The zero-order chi connectivity index (χ0) is 23.4. The van der Waals surface area contributed by atoms with Crippen molar-refractivity contribution < 1.29 is 13.2 Å². The summed E-state index contributed by atoms with van der Waals surface area (Å²) in [5, 5.41) is 0.310. The number of anilines is 1. The second-order valence-corrected chi connectivity index (χ2v) is 10.6. The smallest absolute Gasteiger partial charge is 0.261 e. The lowest BCUT2D eigenvalue weighted by Crippen LogP contribution is -2.39. The molecular formula is C26H27ClN2O3S. The van der Waals surface area contributed by atoms with E-state index in [1.54, 1.807) is 41.3 Å². The molecule has 1 aliphatic heterocycles. The molecule has 33 heavy (non-hydrogen) atoms. The summed E-state index contributed by atoms with van der Waals surface area (Å²) in [6, 6.07) is 21.6. The predicted molar refractivity (Wildman–Crippen MR) is 132 cm³/mol. The maximum atomic E-state index is 13.2. The fourth-order valence-electron chi connectivity index (χ4n) is 4.14. The number of hydrogen-bond acceptors (Lipinski definition) is 3. The Hall–Kier alpha value is -2.83. The van der Waals surface area contributed by atoms with Gasteiger partial charge in [0, 0.05) is 18.8 Å². The van der Waals surface area contributed by atoms with E-state index in [2.05, 4.69) is 29.0 Å². The first-order chi connectivity index (χ1) is 15.8. The van der Waals surface area contributed by atoms with Crippen LogP contribution in [0.5, 0.6) is 0 Å². The molecular weight excluding hydrogens is 456 g/mol. The van der Waals surface area contributed by atoms with Crippen LogP contribution in [0.1, 0.15) is 34.3 Å². The largest absolute Gasteiger partial charge is 0.339 e.